The SMILES string of the molecule is COc1ccc(CN2C(=O)c3[nH]nc(-c4ccc(Cl)cc4)c3C2c2ccc(OCCC(C)C)cc2)cc1. The number of carbonyl (C=O) groups excluding carboxylic acids is 1. The number of hydrogen-bond acceptors (Lipinski definition) is 4. The van der Waals surface area contributed by atoms with Crippen molar-refractivity contribution in [1.29, 1.82) is 0 Å². The first-order valence-electron chi connectivity index (χ1n) is 12.5. The van der Waals surface area contributed by atoms with Crippen molar-refractivity contribution in [3.05, 3.63) is 100 Å². The van der Waals surface area contributed by atoms with Crippen LogP contribution in [0.3, 0.4) is 0 Å². The Balaban J connectivity index is 1.51. The van der Waals surface area contributed by atoms with E-state index in [0.717, 1.165) is 45.9 Å². The second-order valence-corrected chi connectivity index (χ2v) is 10.1. The van der Waals surface area contributed by atoms with Crippen LogP contribution in [0.5, 0.6) is 11.5 Å². The van der Waals surface area contributed by atoms with Crippen LogP contribution < -0.4 is 9.47 Å². The van der Waals surface area contributed by atoms with Gasteiger partial charge in [-0.05, 0) is 59.9 Å². The van der Waals surface area contributed by atoms with Gasteiger partial charge in [0.25, 0.3) is 5.91 Å². The first-order valence-corrected chi connectivity index (χ1v) is 12.8. The summed E-state index contributed by atoms with van der Waals surface area (Å²) in [7, 11) is 1.64. The second-order valence-electron chi connectivity index (χ2n) is 9.65. The van der Waals surface area contributed by atoms with Gasteiger partial charge in [0.15, 0.2) is 0 Å². The van der Waals surface area contributed by atoms with E-state index in [-0.39, 0.29) is 11.9 Å². The van der Waals surface area contributed by atoms with Crippen molar-refractivity contribution in [1.82, 2.24) is 15.1 Å². The van der Waals surface area contributed by atoms with Gasteiger partial charge >= 0.3 is 0 Å². The van der Waals surface area contributed by atoms with Gasteiger partial charge < -0.3 is 14.4 Å². The van der Waals surface area contributed by atoms with Gasteiger partial charge in [0, 0.05) is 22.7 Å². The zero-order chi connectivity index (χ0) is 25.9. The molecule has 7 heteroatoms. The number of benzene rings is 3. The molecule has 0 aliphatic carbocycles. The first kappa shape index (κ1) is 24.9. The highest BCUT2D eigenvalue weighted by atomic mass is 35.5. The number of halogens is 1. The number of nitrogens with one attached hydrogen (secondary N) is 1. The molecule has 4 aromatic rings. The average molecular weight is 516 g/mol. The largest absolute Gasteiger partial charge is 0.497 e. The molecule has 190 valence electrons. The lowest BCUT2D eigenvalue weighted by atomic mass is 9.96. The average Bonchev–Trinajstić information content (AvgIpc) is 3.44. The summed E-state index contributed by atoms with van der Waals surface area (Å²) in [6.45, 7) is 5.49. The molecule has 1 N–H and O–H groups in total. The summed E-state index contributed by atoms with van der Waals surface area (Å²) in [6, 6.07) is 23.0. The zero-order valence-electron chi connectivity index (χ0n) is 21.2. The maximum absolute atomic E-state index is 13.7. The number of carbonyl (C=O) groups is 1. The Hall–Kier alpha value is -3.77. The number of nitrogens with zero attached hydrogens (tertiary/aromatic N) is 2. The van der Waals surface area contributed by atoms with Crippen molar-refractivity contribution in [2.75, 3.05) is 13.7 Å². The van der Waals surface area contributed by atoms with Gasteiger partial charge in [-0.2, -0.15) is 5.10 Å². The summed E-state index contributed by atoms with van der Waals surface area (Å²) in [5, 5.41) is 8.21. The molecule has 0 radical (unpaired) electrons. The van der Waals surface area contributed by atoms with Crippen LogP contribution in [-0.4, -0.2) is 34.7 Å². The third kappa shape index (κ3) is 5.20. The highest BCUT2D eigenvalue weighted by molar-refractivity contribution is 6.30. The molecule has 1 aliphatic rings. The standard InChI is InChI=1S/C30H30ClN3O3/c1-19(2)16-17-37-25-14-8-22(9-15-25)29-26-27(21-6-10-23(31)11-7-21)32-33-28(26)30(35)34(29)18-20-4-12-24(36-3)13-5-20/h4-15,19,29H,16-18H2,1-3H3,(H,32,33). The molecule has 1 aliphatic heterocycles. The Morgan fingerprint density at radius 3 is 2.30 bits per heavy atom. The lowest BCUT2D eigenvalue weighted by molar-refractivity contribution is 0.0730. The van der Waals surface area contributed by atoms with Crippen molar-refractivity contribution in [2.24, 2.45) is 5.92 Å². The number of ether oxygens (including phenoxy) is 2. The molecule has 0 fully saturated rings. The van der Waals surface area contributed by atoms with Crippen LogP contribution in [0.2, 0.25) is 5.02 Å². The van der Waals surface area contributed by atoms with E-state index in [1.807, 2.05) is 77.7 Å². The maximum Gasteiger partial charge on any atom is 0.273 e. The number of fused-ring (bicyclic) bond motifs is 1. The van der Waals surface area contributed by atoms with E-state index >= 15 is 0 Å². The van der Waals surface area contributed by atoms with Crippen molar-refractivity contribution in [2.45, 2.75) is 32.9 Å². The normalized spacial score (nSPS) is 14.8. The maximum atomic E-state index is 13.7. The molecule has 6 nitrogen and oxygen atoms in total. The molecule has 1 aromatic heterocycles. The molecule has 3 aromatic carbocycles. The molecule has 1 atom stereocenters. The van der Waals surface area contributed by atoms with Gasteiger partial charge in [0.1, 0.15) is 17.2 Å². The molecular weight excluding hydrogens is 486 g/mol. The van der Waals surface area contributed by atoms with E-state index in [2.05, 4.69) is 24.0 Å². The third-order valence-electron chi connectivity index (χ3n) is 6.65. The fourth-order valence-electron chi connectivity index (χ4n) is 4.62. The molecular formula is C30H30ClN3O3. The van der Waals surface area contributed by atoms with Crippen LogP contribution in [0.15, 0.2) is 72.8 Å². The predicted molar refractivity (Wildman–Crippen MR) is 145 cm³/mol. The number of rotatable bonds is 9. The summed E-state index contributed by atoms with van der Waals surface area (Å²) in [5.41, 5.74) is 5.04. The predicted octanol–water partition coefficient (Wildman–Crippen LogP) is 6.91. The Morgan fingerprint density at radius 1 is 0.973 bits per heavy atom. The summed E-state index contributed by atoms with van der Waals surface area (Å²) < 4.78 is 11.2. The minimum Gasteiger partial charge on any atom is -0.497 e. The summed E-state index contributed by atoms with van der Waals surface area (Å²) in [5.74, 6) is 2.10. The van der Waals surface area contributed by atoms with Gasteiger partial charge in [-0.1, -0.05) is 61.8 Å². The molecule has 1 amide bonds. The Kier molecular flexibility index (Phi) is 7.19. The highest BCUT2D eigenvalue weighted by Gasteiger charge is 2.42. The molecule has 5 rings (SSSR count). The molecule has 0 saturated carbocycles. The Bertz CT molecular complexity index is 1360. The Morgan fingerprint density at radius 2 is 1.65 bits per heavy atom. The lowest BCUT2D eigenvalue weighted by Crippen LogP contribution is -2.29. The van der Waals surface area contributed by atoms with E-state index in [1.165, 1.54) is 0 Å². The van der Waals surface area contributed by atoms with Gasteiger partial charge in [-0.25, -0.2) is 0 Å². The third-order valence-corrected chi connectivity index (χ3v) is 6.91. The fourth-order valence-corrected chi connectivity index (χ4v) is 4.75. The lowest BCUT2D eigenvalue weighted by Gasteiger charge is -2.27. The smallest absolute Gasteiger partial charge is 0.273 e. The molecule has 0 spiro atoms. The van der Waals surface area contributed by atoms with Crippen LogP contribution in [0, 0.1) is 5.92 Å². The Labute approximate surface area is 222 Å². The van der Waals surface area contributed by atoms with Crippen molar-refractivity contribution < 1.29 is 14.3 Å². The first-order chi connectivity index (χ1) is 17.9. The van der Waals surface area contributed by atoms with E-state index in [4.69, 9.17) is 21.1 Å². The highest BCUT2D eigenvalue weighted by Crippen LogP contribution is 2.44. The van der Waals surface area contributed by atoms with Gasteiger partial charge in [-0.15, -0.1) is 0 Å². The minimum absolute atomic E-state index is 0.0826. The van der Waals surface area contributed by atoms with Crippen LogP contribution in [0.4, 0.5) is 0 Å². The number of methoxy groups -OCH3 is 1. The van der Waals surface area contributed by atoms with Gasteiger partial charge in [0.05, 0.1) is 25.5 Å². The summed E-state index contributed by atoms with van der Waals surface area (Å²) in [6.07, 6.45) is 0.997. The van der Waals surface area contributed by atoms with E-state index < -0.39 is 0 Å². The molecule has 0 saturated heterocycles. The molecule has 1 unspecified atom stereocenters. The molecule has 2 heterocycles. The molecule has 37 heavy (non-hydrogen) atoms. The van der Waals surface area contributed by atoms with Crippen molar-refractivity contribution >= 4 is 17.5 Å². The number of aromatic nitrogens is 2. The van der Waals surface area contributed by atoms with Crippen LogP contribution in [0.1, 0.15) is 53.5 Å². The summed E-state index contributed by atoms with van der Waals surface area (Å²) >= 11 is 6.13. The van der Waals surface area contributed by atoms with Crippen LogP contribution in [-0.2, 0) is 6.54 Å². The quantitative estimate of drug-likeness (QED) is 0.263. The summed E-state index contributed by atoms with van der Waals surface area (Å²) in [4.78, 5) is 15.6. The van der Waals surface area contributed by atoms with E-state index in [9.17, 15) is 4.79 Å². The van der Waals surface area contributed by atoms with Crippen LogP contribution >= 0.6 is 11.6 Å². The van der Waals surface area contributed by atoms with E-state index in [1.54, 1.807) is 7.11 Å². The van der Waals surface area contributed by atoms with Crippen LogP contribution in [0.25, 0.3) is 11.3 Å². The number of aromatic amines is 1. The number of H-pyrrole nitrogens is 1. The van der Waals surface area contributed by atoms with Gasteiger partial charge in [-0.3, -0.25) is 9.89 Å². The molecule has 0 bridgehead atoms. The minimum atomic E-state index is -0.307. The second kappa shape index (κ2) is 10.7. The van der Waals surface area contributed by atoms with E-state index in [0.29, 0.717) is 29.8 Å². The number of amides is 1. The topological polar surface area (TPSA) is 67.5 Å². The number of hydrogen-bond donors (Lipinski definition) is 1. The van der Waals surface area contributed by atoms with Gasteiger partial charge in [0.2, 0.25) is 0 Å². The fraction of sp³-hybridized carbons (Fsp3) is 0.267. The monoisotopic (exact) mass is 515 g/mol. The zero-order valence-corrected chi connectivity index (χ0v) is 22.0. The van der Waals surface area contributed by atoms with Crippen molar-refractivity contribution in [3.63, 3.8) is 0 Å². The van der Waals surface area contributed by atoms with Crippen molar-refractivity contribution in [3.8, 4) is 22.8 Å².